The van der Waals surface area contributed by atoms with Gasteiger partial charge in [0, 0.05) is 6.04 Å². The zero-order chi connectivity index (χ0) is 16.1. The fourth-order valence-corrected chi connectivity index (χ4v) is 3.06. The third-order valence-electron chi connectivity index (χ3n) is 4.38. The van der Waals surface area contributed by atoms with E-state index in [0.29, 0.717) is 28.7 Å². The number of hydrogen-bond donors (Lipinski definition) is 1. The summed E-state index contributed by atoms with van der Waals surface area (Å²) in [7, 11) is 4.61. The Morgan fingerprint density at radius 1 is 1.05 bits per heavy atom. The van der Waals surface area contributed by atoms with E-state index in [9.17, 15) is 4.79 Å². The van der Waals surface area contributed by atoms with Crippen LogP contribution in [0.2, 0.25) is 0 Å². The van der Waals surface area contributed by atoms with Gasteiger partial charge in [-0.2, -0.15) is 0 Å². The van der Waals surface area contributed by atoms with E-state index in [1.807, 2.05) is 0 Å². The van der Waals surface area contributed by atoms with Crippen molar-refractivity contribution in [3.63, 3.8) is 0 Å². The number of methoxy groups -OCH3 is 3. The molecule has 0 unspecified atom stereocenters. The van der Waals surface area contributed by atoms with Crippen molar-refractivity contribution in [3.05, 3.63) is 17.7 Å². The van der Waals surface area contributed by atoms with Crippen molar-refractivity contribution < 1.29 is 19.0 Å². The van der Waals surface area contributed by atoms with Crippen molar-refractivity contribution in [2.75, 3.05) is 21.3 Å². The van der Waals surface area contributed by atoms with Gasteiger partial charge in [0.2, 0.25) is 5.75 Å². The van der Waals surface area contributed by atoms with Crippen LogP contribution in [0, 0.1) is 5.92 Å². The predicted octanol–water partition coefficient (Wildman–Crippen LogP) is 3.02. The van der Waals surface area contributed by atoms with E-state index < -0.39 is 0 Å². The molecule has 0 aliphatic heterocycles. The van der Waals surface area contributed by atoms with E-state index in [1.54, 1.807) is 19.2 Å². The Bertz CT molecular complexity index is 530. The quantitative estimate of drug-likeness (QED) is 0.908. The van der Waals surface area contributed by atoms with Crippen molar-refractivity contribution in [1.29, 1.82) is 0 Å². The van der Waals surface area contributed by atoms with E-state index in [0.717, 1.165) is 12.8 Å². The van der Waals surface area contributed by atoms with Crippen LogP contribution in [-0.4, -0.2) is 33.3 Å². The minimum absolute atomic E-state index is 0.128. The normalized spacial score (nSPS) is 21.1. The van der Waals surface area contributed by atoms with Gasteiger partial charge in [-0.15, -0.1) is 0 Å². The highest BCUT2D eigenvalue weighted by atomic mass is 16.5. The smallest absolute Gasteiger partial charge is 0.255 e. The van der Waals surface area contributed by atoms with Crippen LogP contribution in [0.25, 0.3) is 0 Å². The Morgan fingerprint density at radius 2 is 1.73 bits per heavy atom. The molecule has 0 heterocycles. The molecule has 1 saturated carbocycles. The van der Waals surface area contributed by atoms with Gasteiger partial charge in [-0.05, 0) is 30.9 Å². The van der Waals surface area contributed by atoms with Crippen molar-refractivity contribution in [2.24, 2.45) is 5.92 Å². The van der Waals surface area contributed by atoms with E-state index in [-0.39, 0.29) is 11.9 Å². The molecule has 22 heavy (non-hydrogen) atoms. The monoisotopic (exact) mass is 307 g/mol. The highest BCUT2D eigenvalue weighted by Gasteiger charge is 2.26. The van der Waals surface area contributed by atoms with Crippen molar-refractivity contribution in [3.8, 4) is 17.2 Å². The summed E-state index contributed by atoms with van der Waals surface area (Å²) in [6.45, 7) is 2.19. The minimum atomic E-state index is -0.128. The molecule has 122 valence electrons. The summed E-state index contributed by atoms with van der Waals surface area (Å²) in [6, 6.07) is 3.66. The number of carbonyl (C=O) groups is 1. The second-order valence-corrected chi connectivity index (χ2v) is 5.72. The van der Waals surface area contributed by atoms with E-state index in [1.165, 1.54) is 27.1 Å². The van der Waals surface area contributed by atoms with E-state index in [2.05, 4.69) is 12.2 Å². The number of rotatable bonds is 5. The summed E-state index contributed by atoms with van der Waals surface area (Å²) >= 11 is 0. The van der Waals surface area contributed by atoms with Crippen molar-refractivity contribution in [2.45, 2.75) is 38.6 Å². The Balaban J connectivity index is 2.25. The second-order valence-electron chi connectivity index (χ2n) is 5.72. The zero-order valence-electron chi connectivity index (χ0n) is 13.8. The summed E-state index contributed by atoms with van der Waals surface area (Å²) in [5.41, 5.74) is 0.470. The lowest BCUT2D eigenvalue weighted by atomic mass is 9.86. The first-order valence-corrected chi connectivity index (χ1v) is 7.72. The first kappa shape index (κ1) is 16.5. The lowest BCUT2D eigenvalue weighted by Gasteiger charge is -2.29. The molecule has 2 rings (SSSR count). The molecule has 5 nitrogen and oxygen atoms in total. The second kappa shape index (κ2) is 7.38. The first-order valence-electron chi connectivity index (χ1n) is 7.72. The van der Waals surface area contributed by atoms with Crippen LogP contribution < -0.4 is 19.5 Å². The topological polar surface area (TPSA) is 56.8 Å². The fraction of sp³-hybridized carbons (Fsp3) is 0.588. The third kappa shape index (κ3) is 3.29. The van der Waals surface area contributed by atoms with Gasteiger partial charge in [-0.1, -0.05) is 19.8 Å². The van der Waals surface area contributed by atoms with Crippen LogP contribution in [0.4, 0.5) is 0 Å². The number of carbonyl (C=O) groups excluding carboxylic acids is 1. The lowest BCUT2D eigenvalue weighted by molar-refractivity contribution is 0.0906. The molecule has 2 atom stereocenters. The lowest BCUT2D eigenvalue weighted by Crippen LogP contribution is -2.41. The SMILES string of the molecule is COc1ccc(C(=O)N[C@@H]2CCCC[C@H]2C)c(OC)c1OC. The minimum Gasteiger partial charge on any atom is -0.493 e. The van der Waals surface area contributed by atoms with Gasteiger partial charge < -0.3 is 19.5 Å². The molecule has 1 N–H and O–H groups in total. The van der Waals surface area contributed by atoms with Gasteiger partial charge in [-0.3, -0.25) is 4.79 Å². The zero-order valence-corrected chi connectivity index (χ0v) is 13.8. The van der Waals surface area contributed by atoms with Gasteiger partial charge >= 0.3 is 0 Å². The molecule has 0 saturated heterocycles. The average Bonchev–Trinajstić information content (AvgIpc) is 2.55. The molecule has 0 spiro atoms. The maximum atomic E-state index is 12.6. The molecule has 1 amide bonds. The van der Waals surface area contributed by atoms with Crippen molar-refractivity contribution in [1.82, 2.24) is 5.32 Å². The highest BCUT2D eigenvalue weighted by Crippen LogP contribution is 2.39. The van der Waals surface area contributed by atoms with Crippen LogP contribution in [0.1, 0.15) is 43.0 Å². The average molecular weight is 307 g/mol. The largest absolute Gasteiger partial charge is 0.493 e. The van der Waals surface area contributed by atoms with Gasteiger partial charge in [0.15, 0.2) is 11.5 Å². The fourth-order valence-electron chi connectivity index (χ4n) is 3.06. The molecule has 0 bridgehead atoms. The van der Waals surface area contributed by atoms with Crippen molar-refractivity contribution >= 4 is 5.91 Å². The maximum absolute atomic E-state index is 12.6. The summed E-state index contributed by atoms with van der Waals surface area (Å²) < 4.78 is 16.0. The molecule has 5 heteroatoms. The van der Waals surface area contributed by atoms with Gasteiger partial charge in [0.1, 0.15) is 0 Å². The molecular weight excluding hydrogens is 282 g/mol. The third-order valence-corrected chi connectivity index (χ3v) is 4.38. The van der Waals surface area contributed by atoms with Crippen LogP contribution in [0.15, 0.2) is 12.1 Å². The molecule has 1 fully saturated rings. The van der Waals surface area contributed by atoms with E-state index in [4.69, 9.17) is 14.2 Å². The molecule has 0 aromatic heterocycles. The Morgan fingerprint density at radius 3 is 2.32 bits per heavy atom. The van der Waals surface area contributed by atoms with Crippen LogP contribution in [-0.2, 0) is 0 Å². The number of nitrogens with one attached hydrogen (secondary N) is 1. The molecule has 0 radical (unpaired) electrons. The Labute approximate surface area is 131 Å². The van der Waals surface area contributed by atoms with E-state index >= 15 is 0 Å². The summed E-state index contributed by atoms with van der Waals surface area (Å²) in [5, 5.41) is 3.13. The van der Waals surface area contributed by atoms with Crippen LogP contribution in [0.5, 0.6) is 17.2 Å². The maximum Gasteiger partial charge on any atom is 0.255 e. The Hall–Kier alpha value is -1.91. The highest BCUT2D eigenvalue weighted by molar-refractivity contribution is 5.98. The van der Waals surface area contributed by atoms with Gasteiger partial charge in [0.25, 0.3) is 5.91 Å². The Kier molecular flexibility index (Phi) is 5.52. The van der Waals surface area contributed by atoms with Gasteiger partial charge in [-0.25, -0.2) is 0 Å². The number of benzene rings is 1. The number of amides is 1. The van der Waals surface area contributed by atoms with Crippen LogP contribution >= 0.6 is 0 Å². The van der Waals surface area contributed by atoms with Gasteiger partial charge in [0.05, 0.1) is 26.9 Å². The summed E-state index contributed by atoms with van der Waals surface area (Å²) in [4.78, 5) is 12.6. The molecule has 1 aromatic carbocycles. The summed E-state index contributed by atoms with van der Waals surface area (Å²) in [6.07, 6.45) is 4.60. The number of ether oxygens (including phenoxy) is 3. The molecule has 1 aliphatic carbocycles. The molecular formula is C17H25NO4. The molecule has 1 aliphatic rings. The van der Waals surface area contributed by atoms with Crippen LogP contribution in [0.3, 0.4) is 0 Å². The summed E-state index contributed by atoms with van der Waals surface area (Å²) in [5.74, 6) is 1.76. The number of hydrogen-bond acceptors (Lipinski definition) is 4. The predicted molar refractivity (Wildman–Crippen MR) is 85.0 cm³/mol. The standard InChI is InChI=1S/C17H25NO4/c1-11-7-5-6-8-13(11)18-17(19)12-9-10-14(20-2)16(22-4)15(12)21-3/h9-11,13H,5-8H2,1-4H3,(H,18,19)/t11-,13-/m1/s1. The molecule has 1 aromatic rings. The first-order chi connectivity index (χ1) is 10.6.